The predicted molar refractivity (Wildman–Crippen MR) is 113 cm³/mol. The van der Waals surface area contributed by atoms with Gasteiger partial charge in [0.15, 0.2) is 0 Å². The summed E-state index contributed by atoms with van der Waals surface area (Å²) in [5.41, 5.74) is 4.67. The molecular formula is C23H27N3O2. The molecule has 1 N–H and O–H groups in total. The van der Waals surface area contributed by atoms with Crippen LogP contribution in [-0.4, -0.2) is 49.1 Å². The van der Waals surface area contributed by atoms with Crippen molar-refractivity contribution in [3.8, 4) is 5.75 Å². The lowest BCUT2D eigenvalue weighted by Gasteiger charge is -2.36. The third kappa shape index (κ3) is 3.57. The Morgan fingerprint density at radius 3 is 2.54 bits per heavy atom. The SMILES string of the molecule is COc1ccccc1N1CCN(C(=O)CCc2c(C)[nH]c3ccccc23)CC1. The van der Waals surface area contributed by atoms with Crippen LogP contribution in [0.25, 0.3) is 10.9 Å². The summed E-state index contributed by atoms with van der Waals surface area (Å²) in [5.74, 6) is 1.13. The van der Waals surface area contributed by atoms with Crippen LogP contribution >= 0.6 is 0 Å². The molecule has 1 amide bonds. The fraction of sp³-hybridized carbons (Fsp3) is 0.348. The Hall–Kier alpha value is -2.95. The lowest BCUT2D eigenvalue weighted by atomic mass is 10.1. The molecule has 0 spiro atoms. The number of carbonyl (C=O) groups excluding carboxylic acids is 1. The summed E-state index contributed by atoms with van der Waals surface area (Å²) in [5, 5.41) is 1.23. The average Bonchev–Trinajstić information content (AvgIpc) is 3.07. The molecule has 1 fully saturated rings. The van der Waals surface area contributed by atoms with Gasteiger partial charge >= 0.3 is 0 Å². The highest BCUT2D eigenvalue weighted by atomic mass is 16.5. The Morgan fingerprint density at radius 1 is 1.04 bits per heavy atom. The first kappa shape index (κ1) is 18.4. The van der Waals surface area contributed by atoms with Crippen LogP contribution in [0, 0.1) is 6.92 Å². The normalized spacial score (nSPS) is 14.5. The van der Waals surface area contributed by atoms with Crippen LogP contribution in [0.15, 0.2) is 48.5 Å². The molecule has 146 valence electrons. The summed E-state index contributed by atoms with van der Waals surface area (Å²) < 4.78 is 5.47. The van der Waals surface area contributed by atoms with Gasteiger partial charge in [0.05, 0.1) is 12.8 Å². The fourth-order valence-electron chi connectivity index (χ4n) is 4.13. The van der Waals surface area contributed by atoms with Gasteiger partial charge in [0, 0.05) is 49.2 Å². The van der Waals surface area contributed by atoms with Crippen molar-refractivity contribution in [2.45, 2.75) is 19.8 Å². The molecule has 2 aromatic carbocycles. The van der Waals surface area contributed by atoms with Gasteiger partial charge in [-0.25, -0.2) is 0 Å². The van der Waals surface area contributed by atoms with E-state index in [1.165, 1.54) is 10.9 Å². The second-order valence-corrected chi connectivity index (χ2v) is 7.31. The van der Waals surface area contributed by atoms with Gasteiger partial charge in [0.1, 0.15) is 5.75 Å². The van der Waals surface area contributed by atoms with E-state index >= 15 is 0 Å². The Bertz CT molecular complexity index is 971. The fourth-order valence-corrected chi connectivity index (χ4v) is 4.13. The van der Waals surface area contributed by atoms with E-state index in [0.717, 1.165) is 55.2 Å². The van der Waals surface area contributed by atoms with Gasteiger partial charge < -0.3 is 19.5 Å². The first-order valence-corrected chi connectivity index (χ1v) is 9.89. The Balaban J connectivity index is 1.36. The molecule has 4 rings (SSSR count). The molecule has 1 saturated heterocycles. The maximum atomic E-state index is 12.8. The number of hydrogen-bond donors (Lipinski definition) is 1. The highest BCUT2D eigenvalue weighted by molar-refractivity contribution is 5.85. The Labute approximate surface area is 165 Å². The minimum atomic E-state index is 0.240. The number of methoxy groups -OCH3 is 1. The van der Waals surface area contributed by atoms with E-state index in [4.69, 9.17) is 4.74 Å². The van der Waals surface area contributed by atoms with Crippen LogP contribution in [0.4, 0.5) is 5.69 Å². The molecule has 1 aliphatic rings. The minimum absolute atomic E-state index is 0.240. The third-order valence-electron chi connectivity index (χ3n) is 5.67. The Kier molecular flexibility index (Phi) is 5.24. The van der Waals surface area contributed by atoms with Gasteiger partial charge in [-0.15, -0.1) is 0 Å². The van der Waals surface area contributed by atoms with Crippen LogP contribution in [0.3, 0.4) is 0 Å². The highest BCUT2D eigenvalue weighted by Crippen LogP contribution is 2.28. The number of piperazine rings is 1. The van der Waals surface area contributed by atoms with Gasteiger partial charge in [-0.05, 0) is 37.1 Å². The van der Waals surface area contributed by atoms with Gasteiger partial charge in [0.25, 0.3) is 0 Å². The number of nitrogens with zero attached hydrogens (tertiary/aromatic N) is 2. The molecule has 0 aliphatic carbocycles. The van der Waals surface area contributed by atoms with Gasteiger partial charge in [0.2, 0.25) is 5.91 Å². The predicted octanol–water partition coefficient (Wildman–Crippen LogP) is 3.77. The van der Waals surface area contributed by atoms with E-state index in [1.54, 1.807) is 7.11 Å². The molecule has 1 aromatic heterocycles. The van der Waals surface area contributed by atoms with Crippen molar-refractivity contribution in [1.29, 1.82) is 0 Å². The standard InChI is InChI=1S/C23H27N3O2/c1-17-18(19-7-3-4-8-20(19)24-17)11-12-23(27)26-15-13-25(14-16-26)21-9-5-6-10-22(21)28-2/h3-10,24H,11-16H2,1-2H3. The van der Waals surface area contributed by atoms with Crippen molar-refractivity contribution in [3.63, 3.8) is 0 Å². The zero-order valence-electron chi connectivity index (χ0n) is 16.6. The number of amides is 1. The van der Waals surface area contributed by atoms with Crippen LogP contribution in [-0.2, 0) is 11.2 Å². The molecule has 3 aromatic rings. The number of rotatable bonds is 5. The molecule has 1 aliphatic heterocycles. The maximum absolute atomic E-state index is 12.8. The third-order valence-corrected chi connectivity index (χ3v) is 5.67. The first-order chi connectivity index (χ1) is 13.7. The molecule has 0 atom stereocenters. The summed E-state index contributed by atoms with van der Waals surface area (Å²) in [4.78, 5) is 20.5. The topological polar surface area (TPSA) is 48.6 Å². The molecular weight excluding hydrogens is 350 g/mol. The molecule has 0 radical (unpaired) electrons. The number of fused-ring (bicyclic) bond motifs is 1. The number of hydrogen-bond acceptors (Lipinski definition) is 3. The van der Waals surface area contributed by atoms with E-state index in [1.807, 2.05) is 29.2 Å². The zero-order chi connectivity index (χ0) is 19.5. The van der Waals surface area contributed by atoms with Crippen molar-refractivity contribution in [3.05, 3.63) is 59.8 Å². The van der Waals surface area contributed by atoms with E-state index in [2.05, 4.69) is 41.1 Å². The van der Waals surface area contributed by atoms with Gasteiger partial charge in [-0.2, -0.15) is 0 Å². The number of para-hydroxylation sites is 3. The van der Waals surface area contributed by atoms with Crippen LogP contribution in [0.2, 0.25) is 0 Å². The van der Waals surface area contributed by atoms with Crippen LogP contribution < -0.4 is 9.64 Å². The largest absolute Gasteiger partial charge is 0.495 e. The van der Waals surface area contributed by atoms with Crippen molar-refractivity contribution in [2.24, 2.45) is 0 Å². The van der Waals surface area contributed by atoms with Crippen molar-refractivity contribution in [1.82, 2.24) is 9.88 Å². The molecule has 0 bridgehead atoms. The number of aryl methyl sites for hydroxylation is 2. The number of anilines is 1. The number of carbonyl (C=O) groups is 1. The summed E-state index contributed by atoms with van der Waals surface area (Å²) >= 11 is 0. The van der Waals surface area contributed by atoms with E-state index in [-0.39, 0.29) is 5.91 Å². The molecule has 2 heterocycles. The number of H-pyrrole nitrogens is 1. The first-order valence-electron chi connectivity index (χ1n) is 9.89. The smallest absolute Gasteiger partial charge is 0.223 e. The monoisotopic (exact) mass is 377 g/mol. The summed E-state index contributed by atoms with van der Waals surface area (Å²) in [7, 11) is 1.70. The maximum Gasteiger partial charge on any atom is 0.223 e. The second-order valence-electron chi connectivity index (χ2n) is 7.31. The van der Waals surface area contributed by atoms with E-state index in [0.29, 0.717) is 6.42 Å². The summed E-state index contributed by atoms with van der Waals surface area (Å²) in [6.07, 6.45) is 1.33. The quantitative estimate of drug-likeness (QED) is 0.736. The number of aromatic amines is 1. The second kappa shape index (κ2) is 7.97. The minimum Gasteiger partial charge on any atom is -0.495 e. The zero-order valence-corrected chi connectivity index (χ0v) is 16.6. The molecule has 5 nitrogen and oxygen atoms in total. The van der Waals surface area contributed by atoms with Crippen molar-refractivity contribution >= 4 is 22.5 Å². The number of aromatic nitrogens is 1. The molecule has 0 saturated carbocycles. The number of benzene rings is 2. The van der Waals surface area contributed by atoms with Crippen LogP contribution in [0.1, 0.15) is 17.7 Å². The van der Waals surface area contributed by atoms with E-state index in [9.17, 15) is 4.79 Å². The average molecular weight is 377 g/mol. The van der Waals surface area contributed by atoms with Gasteiger partial charge in [-0.3, -0.25) is 4.79 Å². The van der Waals surface area contributed by atoms with E-state index < -0.39 is 0 Å². The van der Waals surface area contributed by atoms with Crippen molar-refractivity contribution in [2.75, 3.05) is 38.2 Å². The highest BCUT2D eigenvalue weighted by Gasteiger charge is 2.23. The number of nitrogens with one attached hydrogen (secondary N) is 1. The molecule has 28 heavy (non-hydrogen) atoms. The molecule has 5 heteroatoms. The Morgan fingerprint density at radius 2 is 1.75 bits per heavy atom. The van der Waals surface area contributed by atoms with Gasteiger partial charge in [-0.1, -0.05) is 30.3 Å². The van der Waals surface area contributed by atoms with Crippen molar-refractivity contribution < 1.29 is 9.53 Å². The molecule has 0 unspecified atom stereocenters. The van der Waals surface area contributed by atoms with Crippen LogP contribution in [0.5, 0.6) is 5.75 Å². The summed E-state index contributed by atoms with van der Waals surface area (Å²) in [6, 6.07) is 16.4. The summed E-state index contributed by atoms with van der Waals surface area (Å²) in [6.45, 7) is 5.26. The number of ether oxygens (including phenoxy) is 1. The lowest BCUT2D eigenvalue weighted by Crippen LogP contribution is -2.48. The lowest BCUT2D eigenvalue weighted by molar-refractivity contribution is -0.131.